The molecule has 1 saturated heterocycles. The minimum absolute atomic E-state index is 0.0191. The molecule has 2 aliphatic rings. The number of methoxy groups -OCH3 is 1. The number of nitrogens with one attached hydrogen (secondary N) is 1. The van der Waals surface area contributed by atoms with Crippen molar-refractivity contribution in [2.24, 2.45) is 0 Å². The lowest BCUT2D eigenvalue weighted by atomic mass is 10.1. The summed E-state index contributed by atoms with van der Waals surface area (Å²) < 4.78 is 72.2. The number of hydrogen-bond donors (Lipinski definition) is 1. The molecule has 13 heteroatoms. The van der Waals surface area contributed by atoms with E-state index in [4.69, 9.17) is 0 Å². The van der Waals surface area contributed by atoms with Gasteiger partial charge < -0.3 is 15.0 Å². The molecule has 38 heavy (non-hydrogen) atoms. The lowest BCUT2D eigenvalue weighted by Crippen LogP contribution is -2.49. The highest BCUT2D eigenvalue weighted by molar-refractivity contribution is 7.92. The summed E-state index contributed by atoms with van der Waals surface area (Å²) in [5, 5.41) is 10.4. The van der Waals surface area contributed by atoms with Gasteiger partial charge in [-0.25, -0.2) is 13.2 Å². The van der Waals surface area contributed by atoms with Crippen LogP contribution in [-0.2, 0) is 25.5 Å². The summed E-state index contributed by atoms with van der Waals surface area (Å²) in [6.07, 6.45) is -4.65. The molecule has 0 spiro atoms. The molecule has 1 saturated carbocycles. The van der Waals surface area contributed by atoms with Crippen LogP contribution < -0.4 is 5.32 Å². The summed E-state index contributed by atoms with van der Waals surface area (Å²) >= 11 is 0. The highest BCUT2D eigenvalue weighted by atomic mass is 32.2. The fourth-order valence-electron chi connectivity index (χ4n) is 4.37. The highest BCUT2D eigenvalue weighted by Crippen LogP contribution is 2.39. The molecule has 2 atom stereocenters. The summed E-state index contributed by atoms with van der Waals surface area (Å²) in [5.41, 5.74) is -2.29. The molecule has 0 radical (unpaired) electrons. The summed E-state index contributed by atoms with van der Waals surface area (Å²) in [5.74, 6) is -2.18. The van der Waals surface area contributed by atoms with Crippen molar-refractivity contribution in [1.29, 1.82) is 5.26 Å². The predicted molar refractivity (Wildman–Crippen MR) is 125 cm³/mol. The van der Waals surface area contributed by atoms with Gasteiger partial charge in [0.15, 0.2) is 9.84 Å². The molecular weight excluding hydrogens is 527 g/mol. The Hall–Kier alpha value is -3.92. The maximum Gasteiger partial charge on any atom is 0.417 e. The first-order valence-electron chi connectivity index (χ1n) is 11.5. The third-order valence-corrected chi connectivity index (χ3v) is 8.83. The van der Waals surface area contributed by atoms with Crippen molar-refractivity contribution in [3.05, 3.63) is 65.2 Å². The molecule has 2 fully saturated rings. The molecule has 1 aliphatic carbocycles. The Labute approximate surface area is 216 Å². The molecule has 2 amide bonds. The molecule has 4 rings (SSSR count). The first-order valence-corrected chi connectivity index (χ1v) is 13.0. The molecule has 2 aromatic rings. The van der Waals surface area contributed by atoms with Crippen LogP contribution in [0, 0.1) is 11.3 Å². The maximum atomic E-state index is 13.6. The Balaban J connectivity index is 1.69. The normalized spacial score (nSPS) is 20.3. The number of hydrogen-bond acceptors (Lipinski definition) is 7. The molecule has 9 nitrogen and oxygen atoms in total. The van der Waals surface area contributed by atoms with Gasteiger partial charge in [0, 0.05) is 12.1 Å². The Morgan fingerprint density at radius 3 is 2.24 bits per heavy atom. The number of amides is 2. The zero-order valence-electron chi connectivity index (χ0n) is 20.0. The second-order valence-electron chi connectivity index (χ2n) is 9.12. The van der Waals surface area contributed by atoms with E-state index in [1.165, 1.54) is 31.4 Å². The number of rotatable bonds is 6. The van der Waals surface area contributed by atoms with Gasteiger partial charge in [0.1, 0.15) is 11.6 Å². The monoisotopic (exact) mass is 549 g/mol. The zero-order chi connectivity index (χ0) is 27.9. The summed E-state index contributed by atoms with van der Waals surface area (Å²) in [6.45, 7) is -0.552. The second kappa shape index (κ2) is 9.75. The number of nitriles is 1. The summed E-state index contributed by atoms with van der Waals surface area (Å²) in [6, 6.07) is 9.56. The molecule has 200 valence electrons. The van der Waals surface area contributed by atoms with Gasteiger partial charge in [0.25, 0.3) is 5.91 Å². The topological polar surface area (TPSA) is 134 Å². The van der Waals surface area contributed by atoms with Crippen molar-refractivity contribution >= 4 is 27.6 Å². The quantitative estimate of drug-likeness (QED) is 0.548. The van der Waals surface area contributed by atoms with Crippen LogP contribution in [0.1, 0.15) is 45.5 Å². The first-order chi connectivity index (χ1) is 17.8. The minimum atomic E-state index is -4.94. The number of sulfone groups is 1. The van der Waals surface area contributed by atoms with E-state index in [9.17, 15) is 41.2 Å². The number of benzene rings is 2. The molecule has 2 aromatic carbocycles. The van der Waals surface area contributed by atoms with Gasteiger partial charge in [0.2, 0.25) is 5.91 Å². The lowest BCUT2D eigenvalue weighted by molar-refractivity contribution is -0.139. The third-order valence-electron chi connectivity index (χ3n) is 6.64. The highest BCUT2D eigenvalue weighted by Gasteiger charge is 2.51. The zero-order valence-corrected chi connectivity index (χ0v) is 20.8. The van der Waals surface area contributed by atoms with Gasteiger partial charge in [-0.1, -0.05) is 12.1 Å². The van der Waals surface area contributed by atoms with Crippen LogP contribution in [0.5, 0.6) is 0 Å². The Morgan fingerprint density at radius 2 is 1.68 bits per heavy atom. The van der Waals surface area contributed by atoms with Gasteiger partial charge in [-0.2, -0.15) is 18.4 Å². The van der Waals surface area contributed by atoms with Crippen molar-refractivity contribution in [3.63, 3.8) is 0 Å². The fourth-order valence-corrected chi connectivity index (χ4v) is 6.28. The standard InChI is InChI=1S/C25H22F3N3O6S/c1-37-23(34)16-8-6-15(7-9-16)22(33)31-13-17(12-19(31)21(32)30-24(14-29)10-11-24)38(35,36)20-5-3-2-4-18(20)25(26,27)28/h2-9,17,19H,10-13H2,1H3,(H,30,32)/t17?,19-/m0/s1. The number of ether oxygens (including phenoxy) is 1. The van der Waals surface area contributed by atoms with E-state index in [2.05, 4.69) is 10.1 Å². The van der Waals surface area contributed by atoms with Crippen LogP contribution in [0.15, 0.2) is 53.4 Å². The van der Waals surface area contributed by atoms with Crippen molar-refractivity contribution in [3.8, 4) is 6.07 Å². The SMILES string of the molecule is COC(=O)c1ccc(C(=O)N2CC(S(=O)(=O)c3ccccc3C(F)(F)F)C[C@H]2C(=O)NC2(C#N)CC2)cc1. The maximum absolute atomic E-state index is 13.6. The number of likely N-dealkylation sites (tertiary alicyclic amines) is 1. The second-order valence-corrected chi connectivity index (χ2v) is 11.3. The molecular formula is C25H22F3N3O6S. The van der Waals surface area contributed by atoms with Crippen molar-refractivity contribution < 1.29 is 40.7 Å². The van der Waals surface area contributed by atoms with Crippen molar-refractivity contribution in [2.75, 3.05) is 13.7 Å². The van der Waals surface area contributed by atoms with Crippen LogP contribution >= 0.6 is 0 Å². The van der Waals surface area contributed by atoms with E-state index in [0.717, 1.165) is 23.1 Å². The summed E-state index contributed by atoms with van der Waals surface area (Å²) in [4.78, 5) is 38.3. The number of alkyl halides is 3. The molecule has 1 heterocycles. The number of carbonyl (C=O) groups excluding carboxylic acids is 3. The van der Waals surface area contributed by atoms with Gasteiger partial charge >= 0.3 is 12.1 Å². The van der Waals surface area contributed by atoms with Gasteiger partial charge in [-0.3, -0.25) is 9.59 Å². The van der Waals surface area contributed by atoms with Crippen LogP contribution in [0.3, 0.4) is 0 Å². The van der Waals surface area contributed by atoms with E-state index in [-0.39, 0.29) is 11.1 Å². The van der Waals surface area contributed by atoms with E-state index in [1.54, 1.807) is 0 Å². The van der Waals surface area contributed by atoms with Gasteiger partial charge in [0.05, 0.1) is 34.5 Å². The van der Waals surface area contributed by atoms with E-state index in [0.29, 0.717) is 18.9 Å². The third kappa shape index (κ3) is 5.08. The van der Waals surface area contributed by atoms with Crippen LogP contribution in [0.2, 0.25) is 0 Å². The Morgan fingerprint density at radius 1 is 1.08 bits per heavy atom. The van der Waals surface area contributed by atoms with Crippen LogP contribution in [-0.4, -0.2) is 61.6 Å². The van der Waals surface area contributed by atoms with Crippen molar-refractivity contribution in [2.45, 2.75) is 47.2 Å². The first kappa shape index (κ1) is 27.1. The van der Waals surface area contributed by atoms with Crippen molar-refractivity contribution in [1.82, 2.24) is 10.2 Å². The molecule has 1 N–H and O–H groups in total. The van der Waals surface area contributed by atoms with Crippen LogP contribution in [0.4, 0.5) is 13.2 Å². The number of halogens is 3. The van der Waals surface area contributed by atoms with Gasteiger partial charge in [-0.05, 0) is 55.7 Å². The largest absolute Gasteiger partial charge is 0.465 e. The lowest BCUT2D eigenvalue weighted by Gasteiger charge is -2.25. The molecule has 0 bridgehead atoms. The summed E-state index contributed by atoms with van der Waals surface area (Å²) in [7, 11) is -3.46. The number of nitrogens with zero attached hydrogens (tertiary/aromatic N) is 2. The average molecular weight is 550 g/mol. The molecule has 0 aromatic heterocycles. The van der Waals surface area contributed by atoms with E-state index < -0.39 is 74.1 Å². The minimum Gasteiger partial charge on any atom is -0.465 e. The Bertz CT molecular complexity index is 1430. The predicted octanol–water partition coefficient (Wildman–Crippen LogP) is 2.72. The molecule has 1 unspecified atom stereocenters. The average Bonchev–Trinajstić information content (AvgIpc) is 3.52. The fraction of sp³-hybridized carbons (Fsp3) is 0.360. The van der Waals surface area contributed by atoms with E-state index >= 15 is 0 Å². The number of carbonyl (C=O) groups is 3. The number of esters is 1. The van der Waals surface area contributed by atoms with Gasteiger partial charge in [-0.15, -0.1) is 0 Å². The van der Waals surface area contributed by atoms with Crippen LogP contribution in [0.25, 0.3) is 0 Å². The Kier molecular flexibility index (Phi) is 6.96. The molecule has 1 aliphatic heterocycles. The van der Waals surface area contributed by atoms with E-state index in [1.807, 2.05) is 6.07 Å². The smallest absolute Gasteiger partial charge is 0.417 e.